The van der Waals surface area contributed by atoms with Crippen LogP contribution in [-0.2, 0) is 19.1 Å². The first kappa shape index (κ1) is 23.5. The minimum atomic E-state index is -0.895. The first-order valence-corrected chi connectivity index (χ1v) is 13.7. The summed E-state index contributed by atoms with van der Waals surface area (Å²) in [5.74, 6) is -2.53. The quantitative estimate of drug-likeness (QED) is 0.438. The van der Waals surface area contributed by atoms with E-state index in [4.69, 9.17) is 9.47 Å². The lowest BCUT2D eigenvalue weighted by Gasteiger charge is -2.29. The Labute approximate surface area is 213 Å². The second-order valence-electron chi connectivity index (χ2n) is 9.65. The van der Waals surface area contributed by atoms with Crippen molar-refractivity contribution in [2.75, 3.05) is 0 Å². The van der Waals surface area contributed by atoms with Crippen molar-refractivity contribution in [3.8, 4) is 11.8 Å². The molecule has 4 heterocycles. The lowest BCUT2D eigenvalue weighted by molar-refractivity contribution is -0.146. The molecule has 0 amide bonds. The van der Waals surface area contributed by atoms with Crippen molar-refractivity contribution in [3.05, 3.63) is 41.6 Å². The lowest BCUT2D eigenvalue weighted by atomic mass is 9.97. The maximum atomic E-state index is 13.1. The van der Waals surface area contributed by atoms with Crippen LogP contribution in [0.2, 0.25) is 0 Å². The second-order valence-corrected chi connectivity index (χ2v) is 12.4. The number of hydrogen-bond donors (Lipinski definition) is 2. The topological polar surface area (TPSA) is 136 Å². The van der Waals surface area contributed by atoms with E-state index in [2.05, 4.69) is 0 Å². The van der Waals surface area contributed by atoms with Gasteiger partial charge in [0.05, 0.1) is 9.81 Å². The van der Waals surface area contributed by atoms with Crippen molar-refractivity contribution in [1.82, 2.24) is 9.03 Å². The number of hydrogen-bond acceptors (Lipinski definition) is 10. The molecule has 2 saturated heterocycles. The fourth-order valence-electron chi connectivity index (χ4n) is 5.46. The zero-order valence-electron chi connectivity index (χ0n) is 19.3. The molecule has 2 saturated carbocycles. The molecule has 4 aliphatic rings. The van der Waals surface area contributed by atoms with Crippen molar-refractivity contribution in [2.45, 2.75) is 74.1 Å². The molecule has 10 nitrogen and oxygen atoms in total. The van der Waals surface area contributed by atoms with E-state index in [1.807, 2.05) is 0 Å². The summed E-state index contributed by atoms with van der Waals surface area (Å²) in [6, 6.07) is 0. The molecule has 2 aromatic rings. The monoisotopic (exact) mass is 532 g/mol. The second kappa shape index (κ2) is 8.34. The summed E-state index contributed by atoms with van der Waals surface area (Å²) in [5, 5.41) is 21.5. The summed E-state index contributed by atoms with van der Waals surface area (Å²) in [5.41, 5.74) is -2.39. The highest BCUT2D eigenvalue weighted by Crippen LogP contribution is 2.52. The standard InChI is InChI=1S/C24H24N2O8S2/c27-17-13(11-15-21(31)33-23(35-15)7-3-1-4-8-23)18(28)26-20(30)14(19(29)25(17)26)12-16-22(32)34-24(36-16)9-5-2-6-10-24/h11-12,27,29H,1-10H2. The van der Waals surface area contributed by atoms with Crippen molar-refractivity contribution in [1.29, 1.82) is 0 Å². The number of carbonyl (C=O) groups is 2. The summed E-state index contributed by atoms with van der Waals surface area (Å²) < 4.78 is 12.5. The molecule has 190 valence electrons. The number of fused-ring (bicyclic) bond motifs is 1. The molecule has 0 unspecified atom stereocenters. The number of thioether (sulfide) groups is 2. The van der Waals surface area contributed by atoms with E-state index in [9.17, 15) is 29.4 Å². The van der Waals surface area contributed by atoms with Gasteiger partial charge in [-0.15, -0.1) is 0 Å². The summed E-state index contributed by atoms with van der Waals surface area (Å²) in [4.78, 5) is 50.2. The molecule has 2 N–H and O–H groups in total. The van der Waals surface area contributed by atoms with Crippen LogP contribution in [0.25, 0.3) is 12.2 Å². The van der Waals surface area contributed by atoms with Gasteiger partial charge in [-0.2, -0.15) is 9.03 Å². The third-order valence-corrected chi connectivity index (χ3v) is 10.00. The Hall–Kier alpha value is -2.86. The molecule has 2 spiro atoms. The van der Waals surface area contributed by atoms with E-state index in [0.29, 0.717) is 34.7 Å². The molecule has 0 radical (unpaired) electrons. The van der Waals surface area contributed by atoms with Gasteiger partial charge in [0.15, 0.2) is 9.87 Å². The van der Waals surface area contributed by atoms with Gasteiger partial charge in [-0.3, -0.25) is 9.59 Å². The number of aromatic hydroxyl groups is 2. The Morgan fingerprint density at radius 1 is 0.639 bits per heavy atom. The van der Waals surface area contributed by atoms with Gasteiger partial charge in [0.25, 0.3) is 11.1 Å². The fourth-order valence-corrected chi connectivity index (χ4v) is 8.08. The number of nitrogens with zero attached hydrogens (tertiary/aromatic N) is 2. The molecule has 36 heavy (non-hydrogen) atoms. The Kier molecular flexibility index (Phi) is 5.45. The smallest absolute Gasteiger partial charge is 0.346 e. The van der Waals surface area contributed by atoms with Gasteiger partial charge in [-0.05, 0) is 63.5 Å². The molecule has 4 fully saturated rings. The Morgan fingerprint density at radius 3 is 1.39 bits per heavy atom. The van der Waals surface area contributed by atoms with E-state index >= 15 is 0 Å². The zero-order chi connectivity index (χ0) is 25.2. The zero-order valence-corrected chi connectivity index (χ0v) is 20.9. The van der Waals surface area contributed by atoms with Crippen molar-refractivity contribution >= 4 is 47.6 Å². The fraction of sp³-hybridized carbons (Fsp3) is 0.500. The third-order valence-electron chi connectivity index (χ3n) is 7.26. The predicted octanol–water partition coefficient (Wildman–Crippen LogP) is 3.19. The van der Waals surface area contributed by atoms with Crippen molar-refractivity contribution in [2.24, 2.45) is 0 Å². The highest BCUT2D eigenvalue weighted by Gasteiger charge is 2.46. The Balaban J connectivity index is 1.37. The van der Waals surface area contributed by atoms with Crippen molar-refractivity contribution in [3.63, 3.8) is 0 Å². The molecular formula is C24H24N2O8S2. The van der Waals surface area contributed by atoms with E-state index in [-0.39, 0.29) is 20.9 Å². The van der Waals surface area contributed by atoms with Gasteiger partial charge in [0.1, 0.15) is 11.1 Å². The predicted molar refractivity (Wildman–Crippen MR) is 133 cm³/mol. The average molecular weight is 533 g/mol. The van der Waals surface area contributed by atoms with Crippen LogP contribution in [0.15, 0.2) is 19.4 Å². The van der Waals surface area contributed by atoms with Crippen LogP contribution < -0.4 is 11.1 Å². The van der Waals surface area contributed by atoms with Crippen LogP contribution in [0.3, 0.4) is 0 Å². The summed E-state index contributed by atoms with van der Waals surface area (Å²) in [7, 11) is 0. The summed E-state index contributed by atoms with van der Waals surface area (Å²) >= 11 is 2.45. The molecule has 6 rings (SSSR count). The van der Waals surface area contributed by atoms with Gasteiger partial charge in [0.2, 0.25) is 11.8 Å². The molecule has 0 bridgehead atoms. The first-order chi connectivity index (χ1) is 17.2. The van der Waals surface area contributed by atoms with E-state index in [1.54, 1.807) is 0 Å². The summed E-state index contributed by atoms with van der Waals surface area (Å²) in [6.07, 6.45) is 11.1. The molecule has 0 aromatic carbocycles. The number of rotatable bonds is 2. The van der Waals surface area contributed by atoms with Crippen LogP contribution in [0.5, 0.6) is 11.8 Å². The minimum Gasteiger partial charge on any atom is -0.493 e. The third kappa shape index (κ3) is 3.56. The normalized spacial score (nSPS) is 25.4. The minimum absolute atomic E-state index is 0.162. The number of carbonyl (C=O) groups excluding carboxylic acids is 2. The van der Waals surface area contributed by atoms with E-state index in [0.717, 1.165) is 38.5 Å². The van der Waals surface area contributed by atoms with Crippen LogP contribution in [-0.4, -0.2) is 41.0 Å². The summed E-state index contributed by atoms with van der Waals surface area (Å²) in [6.45, 7) is 0. The first-order valence-electron chi connectivity index (χ1n) is 12.1. The Bertz CT molecular complexity index is 1350. The van der Waals surface area contributed by atoms with Crippen LogP contribution in [0.4, 0.5) is 0 Å². The molecule has 2 aromatic heterocycles. The maximum Gasteiger partial charge on any atom is 0.346 e. The number of ether oxygens (including phenoxy) is 2. The number of aromatic nitrogens is 2. The maximum absolute atomic E-state index is 13.1. The van der Waals surface area contributed by atoms with Gasteiger partial charge < -0.3 is 19.7 Å². The van der Waals surface area contributed by atoms with Gasteiger partial charge >= 0.3 is 11.9 Å². The van der Waals surface area contributed by atoms with Crippen LogP contribution in [0, 0.1) is 0 Å². The largest absolute Gasteiger partial charge is 0.493 e. The SMILES string of the molecule is O=C1OC2(CCCCC2)SC1=Cc1c(O)n2c(O)c(C=C3SC4(CCCCC4)OC3=O)c(=O)n2c1=O. The lowest BCUT2D eigenvalue weighted by Crippen LogP contribution is -2.27. The highest BCUT2D eigenvalue weighted by molar-refractivity contribution is 8.06. The van der Waals surface area contributed by atoms with E-state index < -0.39 is 44.7 Å². The molecule has 12 heteroatoms. The van der Waals surface area contributed by atoms with E-state index in [1.165, 1.54) is 35.7 Å². The average Bonchev–Trinajstić information content (AvgIpc) is 3.48. The molecule has 0 atom stereocenters. The Morgan fingerprint density at radius 2 is 1.03 bits per heavy atom. The van der Waals surface area contributed by atoms with Gasteiger partial charge in [-0.25, -0.2) is 9.59 Å². The molecule has 2 aliphatic heterocycles. The van der Waals surface area contributed by atoms with Crippen molar-refractivity contribution < 1.29 is 29.3 Å². The van der Waals surface area contributed by atoms with Crippen LogP contribution in [0.1, 0.15) is 75.3 Å². The molecular weight excluding hydrogens is 508 g/mol. The highest BCUT2D eigenvalue weighted by atomic mass is 32.2. The van der Waals surface area contributed by atoms with Crippen LogP contribution >= 0.6 is 23.5 Å². The number of esters is 2. The van der Waals surface area contributed by atoms with Gasteiger partial charge in [-0.1, -0.05) is 36.4 Å². The molecule has 2 aliphatic carbocycles. The van der Waals surface area contributed by atoms with Gasteiger partial charge in [0, 0.05) is 0 Å².